The predicted octanol–water partition coefficient (Wildman–Crippen LogP) is -2.06. The quantitative estimate of drug-likeness (QED) is 0.517. The second kappa shape index (κ2) is 14.2. The van der Waals surface area contributed by atoms with E-state index in [4.69, 9.17) is 0 Å². The van der Waals surface area contributed by atoms with Gasteiger partial charge in [-0.05, 0) is 27.7 Å². The molecule has 0 aliphatic heterocycles. The third-order valence-electron chi connectivity index (χ3n) is 1.50. The van der Waals surface area contributed by atoms with E-state index in [0.29, 0.717) is 13.2 Å². The van der Waals surface area contributed by atoms with Gasteiger partial charge in [-0.25, -0.2) is 0 Å². The summed E-state index contributed by atoms with van der Waals surface area (Å²) in [7, 11) is 0. The van der Waals surface area contributed by atoms with Gasteiger partial charge in [-0.3, -0.25) is 0 Å². The summed E-state index contributed by atoms with van der Waals surface area (Å²) >= 11 is 0. The molecule has 0 aromatic heterocycles. The Bertz CT molecular complexity index is 187. The number of carboxylic acid groups (broad SMARTS) is 2. The molecule has 2 atom stereocenters. The Balaban J connectivity index is -0.000000218. The van der Waals surface area contributed by atoms with Gasteiger partial charge in [0.05, 0.1) is 24.1 Å². The number of ether oxygens (including phenoxy) is 2. The van der Waals surface area contributed by atoms with E-state index < -0.39 is 24.1 Å². The summed E-state index contributed by atoms with van der Waals surface area (Å²) in [5, 5.41) is 19.7. The Morgan fingerprint density at radius 1 is 0.941 bits per heavy atom. The Hall–Kier alpha value is 0.120. The molecule has 0 heterocycles. The van der Waals surface area contributed by atoms with Gasteiger partial charge in [0.15, 0.2) is 0 Å². The van der Waals surface area contributed by atoms with Crippen LogP contribution in [-0.4, -0.2) is 75.1 Å². The zero-order valence-corrected chi connectivity index (χ0v) is 12.9. The van der Waals surface area contributed by atoms with Crippen molar-refractivity contribution in [1.82, 2.24) is 0 Å². The molecule has 0 aliphatic rings. The van der Waals surface area contributed by atoms with Crippen LogP contribution in [0.3, 0.4) is 0 Å². The van der Waals surface area contributed by atoms with Crippen LogP contribution in [0.2, 0.25) is 0 Å². The maximum Gasteiger partial charge on any atom is 2.00 e. The summed E-state index contributed by atoms with van der Waals surface area (Å²) < 4.78 is 9.28. The van der Waals surface area contributed by atoms with Crippen molar-refractivity contribution in [3.63, 3.8) is 0 Å². The zero-order valence-electron chi connectivity index (χ0n) is 10.7. The summed E-state index contributed by atoms with van der Waals surface area (Å²) in [5.74, 6) is -2.32. The molecule has 0 fully saturated rings. The molecule has 0 saturated carbocycles. The molecule has 0 unspecified atom stereocenters. The van der Waals surface area contributed by atoms with Crippen molar-refractivity contribution in [2.24, 2.45) is 0 Å². The molecule has 0 aromatic rings. The van der Waals surface area contributed by atoms with Crippen LogP contribution in [0.25, 0.3) is 0 Å². The van der Waals surface area contributed by atoms with Crippen molar-refractivity contribution >= 4 is 49.7 Å². The molecule has 7 heteroatoms. The van der Waals surface area contributed by atoms with E-state index in [1.54, 1.807) is 13.8 Å². The number of carboxylic acids is 2. The molecule has 0 aliphatic carbocycles. The molecule has 0 spiro atoms. The summed E-state index contributed by atoms with van der Waals surface area (Å²) in [6.45, 7) is 7.18. The molecule has 0 aromatic carbocycles. The molecular weight excluding hydrogens is 256 g/mol. The number of rotatable bonds is 6. The first-order valence-corrected chi connectivity index (χ1v) is 5.01. The fraction of sp³-hybridized carbons (Fsp3) is 0.800. The van der Waals surface area contributed by atoms with Crippen LogP contribution >= 0.6 is 0 Å². The van der Waals surface area contributed by atoms with Gasteiger partial charge >= 0.3 is 37.7 Å². The first-order valence-electron chi connectivity index (χ1n) is 5.01. The average molecular weight is 274 g/mol. The van der Waals surface area contributed by atoms with E-state index in [2.05, 4.69) is 9.47 Å². The molecule has 0 amide bonds. The largest absolute Gasteiger partial charge is 2.00 e. The number of carbonyl (C=O) groups excluding carboxylic acids is 2. The van der Waals surface area contributed by atoms with Crippen LogP contribution in [0, 0.1) is 0 Å². The number of aliphatic carboxylic acids is 2. The third kappa shape index (κ3) is 16.1. The second-order valence-corrected chi connectivity index (χ2v) is 2.83. The maximum atomic E-state index is 9.85. The monoisotopic (exact) mass is 274 g/mol. The molecular formula is C10H18CaO6. The van der Waals surface area contributed by atoms with E-state index in [1.807, 2.05) is 0 Å². The predicted molar refractivity (Wildman–Crippen MR) is 57.9 cm³/mol. The van der Waals surface area contributed by atoms with Crippen molar-refractivity contribution in [1.29, 1.82) is 0 Å². The second-order valence-electron chi connectivity index (χ2n) is 2.83. The van der Waals surface area contributed by atoms with Gasteiger partial charge in [0.25, 0.3) is 0 Å². The summed E-state index contributed by atoms with van der Waals surface area (Å²) in [4.78, 5) is 19.7. The normalized spacial score (nSPS) is 12.5. The van der Waals surface area contributed by atoms with Crippen LogP contribution in [-0.2, 0) is 19.1 Å². The topological polar surface area (TPSA) is 98.7 Å². The molecule has 0 N–H and O–H groups in total. The van der Waals surface area contributed by atoms with E-state index in [0.717, 1.165) is 0 Å². The average Bonchev–Trinajstić information content (AvgIpc) is 2.19. The minimum atomic E-state index is -1.16. The first kappa shape index (κ1) is 22.3. The van der Waals surface area contributed by atoms with Crippen LogP contribution in [0.4, 0.5) is 0 Å². The Morgan fingerprint density at radius 3 is 1.24 bits per heavy atom. The van der Waals surface area contributed by atoms with Gasteiger partial charge < -0.3 is 29.3 Å². The van der Waals surface area contributed by atoms with Crippen LogP contribution < -0.4 is 10.2 Å². The van der Waals surface area contributed by atoms with Crippen molar-refractivity contribution in [2.45, 2.75) is 39.9 Å². The third-order valence-corrected chi connectivity index (χ3v) is 1.50. The van der Waals surface area contributed by atoms with E-state index >= 15 is 0 Å². The van der Waals surface area contributed by atoms with Gasteiger partial charge in [0.2, 0.25) is 0 Å². The Kier molecular flexibility index (Phi) is 18.6. The number of hydrogen-bond acceptors (Lipinski definition) is 6. The van der Waals surface area contributed by atoms with Crippen LogP contribution in [0.1, 0.15) is 27.7 Å². The first-order chi connectivity index (χ1) is 7.36. The van der Waals surface area contributed by atoms with Crippen LogP contribution in [0.5, 0.6) is 0 Å². The summed E-state index contributed by atoms with van der Waals surface area (Å²) in [6.07, 6.45) is -1.56. The molecule has 0 radical (unpaired) electrons. The van der Waals surface area contributed by atoms with E-state index in [1.165, 1.54) is 13.8 Å². The molecule has 6 nitrogen and oxygen atoms in total. The minimum Gasteiger partial charge on any atom is -0.547 e. The SMILES string of the molecule is CCO[C@H](C)C(=O)[O-].CCO[C@H](C)C(=O)[O-].[Ca+2]. The van der Waals surface area contributed by atoms with Gasteiger partial charge in [-0.15, -0.1) is 0 Å². The molecule has 0 saturated heterocycles. The molecule has 17 heavy (non-hydrogen) atoms. The molecule has 0 bridgehead atoms. The van der Waals surface area contributed by atoms with Gasteiger partial charge in [0.1, 0.15) is 0 Å². The zero-order chi connectivity index (χ0) is 13.1. The summed E-state index contributed by atoms with van der Waals surface area (Å²) in [5.41, 5.74) is 0. The minimum absolute atomic E-state index is 0. The number of hydrogen-bond donors (Lipinski definition) is 0. The van der Waals surface area contributed by atoms with Crippen molar-refractivity contribution in [2.75, 3.05) is 13.2 Å². The van der Waals surface area contributed by atoms with Crippen LogP contribution in [0.15, 0.2) is 0 Å². The van der Waals surface area contributed by atoms with Crippen molar-refractivity contribution < 1.29 is 29.3 Å². The van der Waals surface area contributed by atoms with E-state index in [9.17, 15) is 19.8 Å². The van der Waals surface area contributed by atoms with Gasteiger partial charge in [-0.2, -0.15) is 0 Å². The van der Waals surface area contributed by atoms with Gasteiger partial charge in [0, 0.05) is 13.2 Å². The Morgan fingerprint density at radius 2 is 1.18 bits per heavy atom. The number of carbonyl (C=O) groups is 2. The standard InChI is InChI=1S/2C5H10O3.Ca/c2*1-3-8-4(2)5(6)7;/h2*4H,3H2,1-2H3,(H,6,7);/q;;+2/p-2/t2*4-;/m11./s1. The molecule has 0 rings (SSSR count). The Labute approximate surface area is 131 Å². The van der Waals surface area contributed by atoms with E-state index in [-0.39, 0.29) is 37.7 Å². The van der Waals surface area contributed by atoms with Crippen molar-refractivity contribution in [3.8, 4) is 0 Å². The van der Waals surface area contributed by atoms with Crippen molar-refractivity contribution in [3.05, 3.63) is 0 Å². The fourth-order valence-electron chi connectivity index (χ4n) is 0.636. The maximum absolute atomic E-state index is 9.85. The van der Waals surface area contributed by atoms with Gasteiger partial charge in [-0.1, -0.05) is 0 Å². The summed E-state index contributed by atoms with van der Waals surface area (Å²) in [6, 6.07) is 0. The molecule has 96 valence electrons. The smallest absolute Gasteiger partial charge is 0.547 e. The fourth-order valence-corrected chi connectivity index (χ4v) is 0.636.